The Bertz CT molecular complexity index is 587. The summed E-state index contributed by atoms with van der Waals surface area (Å²) in [7, 11) is 1.63. The van der Waals surface area contributed by atoms with Gasteiger partial charge in [-0.2, -0.15) is 4.98 Å². The maximum atomic E-state index is 5.28. The molecular weight excluding hydrogens is 280 g/mol. The predicted octanol–water partition coefficient (Wildman–Crippen LogP) is 1.93. The summed E-state index contributed by atoms with van der Waals surface area (Å²) in [5.74, 6) is 1.26. The van der Waals surface area contributed by atoms with Gasteiger partial charge >= 0.3 is 0 Å². The van der Waals surface area contributed by atoms with Gasteiger partial charge in [0.25, 0.3) is 0 Å². The fourth-order valence-electron chi connectivity index (χ4n) is 2.82. The molecule has 0 spiro atoms. The Morgan fingerprint density at radius 1 is 1.27 bits per heavy atom. The average Bonchev–Trinajstić information content (AvgIpc) is 2.98. The summed E-state index contributed by atoms with van der Waals surface area (Å²) in [6.45, 7) is 6.32. The third-order valence-electron chi connectivity index (χ3n) is 4.01. The van der Waals surface area contributed by atoms with Gasteiger partial charge in [-0.15, -0.1) is 0 Å². The van der Waals surface area contributed by atoms with Crippen molar-refractivity contribution < 1.29 is 9.26 Å². The van der Waals surface area contributed by atoms with Crippen LogP contribution in [0.2, 0.25) is 0 Å². The van der Waals surface area contributed by atoms with E-state index in [0.29, 0.717) is 30.9 Å². The van der Waals surface area contributed by atoms with Crippen molar-refractivity contribution in [2.75, 3.05) is 31.6 Å². The number of hydrogen-bond donors (Lipinski definition) is 0. The number of benzene rings is 1. The van der Waals surface area contributed by atoms with Crippen molar-refractivity contribution in [3.05, 3.63) is 42.0 Å². The highest BCUT2D eigenvalue weighted by molar-refractivity contribution is 5.46. The lowest BCUT2D eigenvalue weighted by Gasteiger charge is -2.40. The molecule has 0 radical (unpaired) electrons. The van der Waals surface area contributed by atoms with E-state index in [1.807, 2.05) is 0 Å². The largest absolute Gasteiger partial charge is 0.377 e. The second kappa shape index (κ2) is 6.89. The number of para-hydroxylation sites is 1. The minimum Gasteiger partial charge on any atom is -0.377 e. The standard InChI is InChI=1S/C16H22N4O2/c1-13-10-20(14-6-4-3-5-7-14)9-8-19(13)11-16-17-15(12-21-2)18-22-16/h3-7,13H,8-12H2,1-2H3/t13-/m0/s1. The van der Waals surface area contributed by atoms with Crippen LogP contribution in [-0.2, 0) is 17.9 Å². The molecule has 0 amide bonds. The fraction of sp³-hybridized carbons (Fsp3) is 0.500. The van der Waals surface area contributed by atoms with Gasteiger partial charge in [-0.3, -0.25) is 4.90 Å². The first-order chi connectivity index (χ1) is 10.8. The Kier molecular flexibility index (Phi) is 4.70. The molecule has 2 aromatic rings. The summed E-state index contributed by atoms with van der Waals surface area (Å²) >= 11 is 0. The normalized spacial score (nSPS) is 19.5. The van der Waals surface area contributed by atoms with Crippen molar-refractivity contribution in [3.63, 3.8) is 0 Å². The van der Waals surface area contributed by atoms with E-state index >= 15 is 0 Å². The minimum absolute atomic E-state index is 0.390. The second-order valence-corrected chi connectivity index (χ2v) is 5.64. The second-order valence-electron chi connectivity index (χ2n) is 5.64. The molecule has 1 atom stereocenters. The van der Waals surface area contributed by atoms with Crippen molar-refractivity contribution in [1.29, 1.82) is 0 Å². The Morgan fingerprint density at radius 3 is 2.82 bits per heavy atom. The van der Waals surface area contributed by atoms with Gasteiger partial charge in [0.2, 0.25) is 5.89 Å². The van der Waals surface area contributed by atoms with Crippen LogP contribution in [0, 0.1) is 0 Å². The number of hydrogen-bond acceptors (Lipinski definition) is 6. The molecule has 0 N–H and O–H groups in total. The third-order valence-corrected chi connectivity index (χ3v) is 4.01. The Morgan fingerprint density at radius 2 is 2.09 bits per heavy atom. The van der Waals surface area contributed by atoms with Crippen LogP contribution in [-0.4, -0.2) is 47.8 Å². The summed E-state index contributed by atoms with van der Waals surface area (Å²) in [4.78, 5) is 9.15. The van der Waals surface area contributed by atoms with Gasteiger partial charge in [-0.05, 0) is 19.1 Å². The van der Waals surface area contributed by atoms with Gasteiger partial charge in [0, 0.05) is 38.5 Å². The van der Waals surface area contributed by atoms with Crippen LogP contribution in [0.25, 0.3) is 0 Å². The van der Waals surface area contributed by atoms with E-state index in [-0.39, 0.29) is 0 Å². The molecule has 3 rings (SSSR count). The van der Waals surface area contributed by atoms with Crippen LogP contribution in [0.4, 0.5) is 5.69 Å². The molecule has 1 aromatic carbocycles. The van der Waals surface area contributed by atoms with Crippen LogP contribution >= 0.6 is 0 Å². The molecule has 22 heavy (non-hydrogen) atoms. The molecule has 1 aromatic heterocycles. The molecule has 118 valence electrons. The Balaban J connectivity index is 1.58. The maximum Gasteiger partial charge on any atom is 0.240 e. The van der Waals surface area contributed by atoms with Crippen molar-refractivity contribution in [2.45, 2.75) is 26.1 Å². The monoisotopic (exact) mass is 302 g/mol. The summed E-state index contributed by atoms with van der Waals surface area (Å²) < 4.78 is 10.3. The van der Waals surface area contributed by atoms with Crippen LogP contribution in [0.5, 0.6) is 0 Å². The summed E-state index contributed by atoms with van der Waals surface area (Å²) in [6.07, 6.45) is 0. The Hall–Kier alpha value is -1.92. The summed E-state index contributed by atoms with van der Waals surface area (Å²) in [5.41, 5.74) is 1.29. The van der Waals surface area contributed by atoms with Crippen LogP contribution in [0.3, 0.4) is 0 Å². The van der Waals surface area contributed by atoms with Crippen LogP contribution in [0.1, 0.15) is 18.6 Å². The number of ether oxygens (including phenoxy) is 1. The zero-order valence-electron chi connectivity index (χ0n) is 13.1. The van der Waals surface area contributed by atoms with Gasteiger partial charge in [0.15, 0.2) is 5.82 Å². The summed E-state index contributed by atoms with van der Waals surface area (Å²) in [5, 5.41) is 3.91. The Labute approximate surface area is 130 Å². The van der Waals surface area contributed by atoms with Crippen molar-refractivity contribution in [3.8, 4) is 0 Å². The molecule has 6 heteroatoms. The summed E-state index contributed by atoms with van der Waals surface area (Å²) in [6, 6.07) is 11.0. The SMILES string of the molecule is COCc1noc(CN2CCN(c3ccccc3)C[C@@H]2C)n1. The molecule has 0 saturated carbocycles. The van der Waals surface area contributed by atoms with Gasteiger partial charge < -0.3 is 14.2 Å². The minimum atomic E-state index is 0.390. The highest BCUT2D eigenvalue weighted by Crippen LogP contribution is 2.19. The van der Waals surface area contributed by atoms with E-state index in [2.05, 4.69) is 57.2 Å². The zero-order valence-corrected chi connectivity index (χ0v) is 13.1. The van der Waals surface area contributed by atoms with Gasteiger partial charge in [-0.1, -0.05) is 23.4 Å². The van der Waals surface area contributed by atoms with Crippen LogP contribution in [0.15, 0.2) is 34.9 Å². The van der Waals surface area contributed by atoms with Crippen LogP contribution < -0.4 is 4.90 Å². The molecule has 1 aliphatic rings. The number of piperazine rings is 1. The quantitative estimate of drug-likeness (QED) is 0.841. The first-order valence-corrected chi connectivity index (χ1v) is 7.60. The fourth-order valence-corrected chi connectivity index (χ4v) is 2.82. The molecule has 0 aliphatic carbocycles. The predicted molar refractivity (Wildman–Crippen MR) is 83.5 cm³/mol. The zero-order chi connectivity index (χ0) is 15.4. The van der Waals surface area contributed by atoms with E-state index in [1.54, 1.807) is 7.11 Å². The molecule has 1 aliphatic heterocycles. The topological polar surface area (TPSA) is 54.6 Å². The number of nitrogens with zero attached hydrogens (tertiary/aromatic N) is 4. The molecule has 6 nitrogen and oxygen atoms in total. The van der Waals surface area contributed by atoms with Crippen molar-refractivity contribution in [2.24, 2.45) is 0 Å². The molecule has 1 fully saturated rings. The van der Waals surface area contributed by atoms with Gasteiger partial charge in [0.05, 0.1) is 6.54 Å². The number of aromatic nitrogens is 2. The lowest BCUT2D eigenvalue weighted by molar-refractivity contribution is 0.158. The van der Waals surface area contributed by atoms with Gasteiger partial charge in [-0.25, -0.2) is 0 Å². The van der Waals surface area contributed by atoms with Gasteiger partial charge in [0.1, 0.15) is 6.61 Å². The third kappa shape index (κ3) is 3.45. The first kappa shape index (κ1) is 15.0. The number of methoxy groups -OCH3 is 1. The van der Waals surface area contributed by atoms with E-state index in [4.69, 9.17) is 9.26 Å². The van der Waals surface area contributed by atoms with Crippen molar-refractivity contribution >= 4 is 5.69 Å². The highest BCUT2D eigenvalue weighted by Gasteiger charge is 2.25. The lowest BCUT2D eigenvalue weighted by atomic mass is 10.1. The molecule has 0 unspecified atom stereocenters. The number of rotatable bonds is 5. The highest BCUT2D eigenvalue weighted by atomic mass is 16.5. The van der Waals surface area contributed by atoms with Crippen molar-refractivity contribution in [1.82, 2.24) is 15.0 Å². The average molecular weight is 302 g/mol. The molecule has 1 saturated heterocycles. The molecular formula is C16H22N4O2. The smallest absolute Gasteiger partial charge is 0.240 e. The first-order valence-electron chi connectivity index (χ1n) is 7.60. The van der Waals surface area contributed by atoms with E-state index in [1.165, 1.54) is 5.69 Å². The van der Waals surface area contributed by atoms with E-state index < -0.39 is 0 Å². The number of anilines is 1. The molecule has 2 heterocycles. The lowest BCUT2D eigenvalue weighted by Crippen LogP contribution is -2.51. The van der Waals surface area contributed by atoms with E-state index in [0.717, 1.165) is 19.6 Å². The molecule has 0 bridgehead atoms. The maximum absolute atomic E-state index is 5.28. The van der Waals surface area contributed by atoms with E-state index in [9.17, 15) is 0 Å².